The van der Waals surface area contributed by atoms with E-state index in [-0.39, 0.29) is 10.6 Å². The van der Waals surface area contributed by atoms with Gasteiger partial charge in [-0.1, -0.05) is 36.4 Å². The van der Waals surface area contributed by atoms with E-state index < -0.39 is 10.0 Å². The molecule has 0 bridgehead atoms. The monoisotopic (exact) mass is 275 g/mol. The molecule has 2 aromatic rings. The molecule has 1 aliphatic rings. The van der Waals surface area contributed by atoms with Crippen LogP contribution >= 0.6 is 0 Å². The summed E-state index contributed by atoms with van der Waals surface area (Å²) in [6.07, 6.45) is 0. The Balaban J connectivity index is 1.99. The highest BCUT2D eigenvalue weighted by molar-refractivity contribution is 7.89. The van der Waals surface area contributed by atoms with Crippen LogP contribution in [0.4, 0.5) is 0 Å². The Kier molecular flexibility index (Phi) is 2.80. The zero-order valence-corrected chi connectivity index (χ0v) is 11.0. The Hall–Kier alpha value is -1.85. The van der Waals surface area contributed by atoms with Crippen molar-refractivity contribution in [2.24, 2.45) is 0 Å². The first-order chi connectivity index (χ1) is 9.09. The Morgan fingerprint density at radius 2 is 1.42 bits per heavy atom. The quantitative estimate of drug-likeness (QED) is 0.913. The second kappa shape index (κ2) is 4.36. The Bertz CT molecular complexity index is 700. The lowest BCUT2D eigenvalue weighted by atomic mass is 10.1. The van der Waals surface area contributed by atoms with Gasteiger partial charge in [-0.2, -0.15) is 4.31 Å². The maximum Gasteiger partial charge on any atom is 0.247 e. The summed E-state index contributed by atoms with van der Waals surface area (Å²) in [6.45, 7) is 0.708. The SMILES string of the molecule is O=S(=O)(c1ccccc1O)N1Cc2ccccc2C1. The zero-order chi connectivity index (χ0) is 13.5. The summed E-state index contributed by atoms with van der Waals surface area (Å²) in [5.74, 6) is -0.210. The molecule has 4 nitrogen and oxygen atoms in total. The molecule has 98 valence electrons. The van der Waals surface area contributed by atoms with Crippen molar-refractivity contribution in [1.29, 1.82) is 0 Å². The Labute approximate surface area is 112 Å². The molecule has 0 spiro atoms. The molecule has 0 atom stereocenters. The van der Waals surface area contributed by atoms with Gasteiger partial charge in [-0.05, 0) is 23.3 Å². The predicted molar refractivity (Wildman–Crippen MR) is 71.0 cm³/mol. The van der Waals surface area contributed by atoms with Crippen molar-refractivity contribution in [2.75, 3.05) is 0 Å². The second-order valence-corrected chi connectivity index (χ2v) is 6.42. The molecule has 2 aromatic carbocycles. The summed E-state index contributed by atoms with van der Waals surface area (Å²) in [4.78, 5) is -0.0391. The number of nitrogens with zero attached hydrogens (tertiary/aromatic N) is 1. The van der Waals surface area contributed by atoms with Crippen molar-refractivity contribution in [1.82, 2.24) is 4.31 Å². The lowest BCUT2D eigenvalue weighted by Crippen LogP contribution is -2.25. The summed E-state index contributed by atoms with van der Waals surface area (Å²) in [7, 11) is -3.65. The lowest BCUT2D eigenvalue weighted by molar-refractivity contribution is 0.419. The number of para-hydroxylation sites is 1. The molecule has 1 N–H and O–H groups in total. The smallest absolute Gasteiger partial charge is 0.247 e. The molecule has 3 rings (SSSR count). The third kappa shape index (κ3) is 2.01. The first-order valence-corrected chi connectivity index (χ1v) is 7.38. The van der Waals surface area contributed by atoms with Crippen LogP contribution in [-0.4, -0.2) is 17.8 Å². The fourth-order valence-corrected chi connectivity index (χ4v) is 3.77. The number of aromatic hydroxyl groups is 1. The maximum atomic E-state index is 12.5. The number of benzene rings is 2. The van der Waals surface area contributed by atoms with Gasteiger partial charge in [0.15, 0.2) is 0 Å². The minimum absolute atomic E-state index is 0.0391. The first-order valence-electron chi connectivity index (χ1n) is 5.94. The van der Waals surface area contributed by atoms with Gasteiger partial charge in [-0.15, -0.1) is 0 Å². The van der Waals surface area contributed by atoms with Crippen molar-refractivity contribution in [3.63, 3.8) is 0 Å². The van der Waals surface area contributed by atoms with Gasteiger partial charge in [0, 0.05) is 13.1 Å². The Morgan fingerprint density at radius 1 is 0.895 bits per heavy atom. The molecular formula is C14H13NO3S. The summed E-state index contributed by atoms with van der Waals surface area (Å²) >= 11 is 0. The van der Waals surface area contributed by atoms with Gasteiger partial charge in [-0.25, -0.2) is 8.42 Å². The van der Waals surface area contributed by atoms with Crippen LogP contribution < -0.4 is 0 Å². The summed E-state index contributed by atoms with van der Waals surface area (Å²) in [6, 6.07) is 13.7. The topological polar surface area (TPSA) is 57.6 Å². The van der Waals surface area contributed by atoms with Gasteiger partial charge in [0.25, 0.3) is 0 Å². The van der Waals surface area contributed by atoms with Crippen LogP contribution in [0.3, 0.4) is 0 Å². The number of rotatable bonds is 2. The van der Waals surface area contributed by atoms with Crippen LogP contribution in [0, 0.1) is 0 Å². The summed E-state index contributed by atoms with van der Waals surface area (Å²) in [5, 5.41) is 9.72. The van der Waals surface area contributed by atoms with E-state index in [0.29, 0.717) is 13.1 Å². The van der Waals surface area contributed by atoms with Gasteiger partial charge in [0.05, 0.1) is 0 Å². The zero-order valence-electron chi connectivity index (χ0n) is 10.2. The van der Waals surface area contributed by atoms with E-state index in [1.54, 1.807) is 12.1 Å². The van der Waals surface area contributed by atoms with Crippen LogP contribution in [0.5, 0.6) is 5.75 Å². The van der Waals surface area contributed by atoms with E-state index >= 15 is 0 Å². The van der Waals surface area contributed by atoms with E-state index in [1.165, 1.54) is 16.4 Å². The molecular weight excluding hydrogens is 262 g/mol. The second-order valence-electron chi connectivity index (χ2n) is 4.51. The number of hydrogen-bond donors (Lipinski definition) is 1. The van der Waals surface area contributed by atoms with Crippen LogP contribution in [0.1, 0.15) is 11.1 Å². The molecule has 1 aliphatic heterocycles. The largest absolute Gasteiger partial charge is 0.507 e. The molecule has 0 amide bonds. The van der Waals surface area contributed by atoms with Crippen molar-refractivity contribution in [3.05, 3.63) is 59.7 Å². The van der Waals surface area contributed by atoms with Gasteiger partial charge >= 0.3 is 0 Å². The number of hydrogen-bond acceptors (Lipinski definition) is 3. The normalized spacial score (nSPS) is 15.4. The number of phenolic OH excluding ortho intramolecular Hbond substituents is 1. The van der Waals surface area contributed by atoms with E-state index in [1.807, 2.05) is 24.3 Å². The lowest BCUT2D eigenvalue weighted by Gasteiger charge is -2.16. The third-order valence-corrected chi connectivity index (χ3v) is 5.13. The highest BCUT2D eigenvalue weighted by atomic mass is 32.2. The molecule has 19 heavy (non-hydrogen) atoms. The minimum atomic E-state index is -3.65. The molecule has 0 saturated heterocycles. The Morgan fingerprint density at radius 3 is 2.00 bits per heavy atom. The van der Waals surface area contributed by atoms with Crippen LogP contribution in [0.25, 0.3) is 0 Å². The van der Waals surface area contributed by atoms with Gasteiger partial charge in [-0.3, -0.25) is 0 Å². The fraction of sp³-hybridized carbons (Fsp3) is 0.143. The molecule has 0 aliphatic carbocycles. The summed E-state index contributed by atoms with van der Waals surface area (Å²) in [5.41, 5.74) is 2.03. The fourth-order valence-electron chi connectivity index (χ4n) is 2.29. The third-order valence-electron chi connectivity index (χ3n) is 3.29. The highest BCUT2D eigenvalue weighted by Gasteiger charge is 2.31. The molecule has 0 unspecified atom stereocenters. The van der Waals surface area contributed by atoms with Gasteiger partial charge < -0.3 is 5.11 Å². The van der Waals surface area contributed by atoms with E-state index in [0.717, 1.165) is 11.1 Å². The highest BCUT2D eigenvalue weighted by Crippen LogP contribution is 2.31. The van der Waals surface area contributed by atoms with E-state index in [9.17, 15) is 13.5 Å². The number of fused-ring (bicyclic) bond motifs is 1. The van der Waals surface area contributed by atoms with Crippen molar-refractivity contribution in [2.45, 2.75) is 18.0 Å². The maximum absolute atomic E-state index is 12.5. The first kappa shape index (κ1) is 12.2. The van der Waals surface area contributed by atoms with Crippen molar-refractivity contribution in [3.8, 4) is 5.75 Å². The molecule has 5 heteroatoms. The number of sulfonamides is 1. The molecule has 1 heterocycles. The standard InChI is InChI=1S/C14H13NO3S/c16-13-7-3-4-8-14(13)19(17,18)15-9-11-5-1-2-6-12(11)10-15/h1-8,16H,9-10H2. The molecule has 0 fully saturated rings. The minimum Gasteiger partial charge on any atom is -0.507 e. The average Bonchev–Trinajstić information content (AvgIpc) is 2.83. The predicted octanol–water partition coefficient (Wildman–Crippen LogP) is 2.10. The van der Waals surface area contributed by atoms with Crippen molar-refractivity contribution >= 4 is 10.0 Å². The van der Waals surface area contributed by atoms with E-state index in [2.05, 4.69) is 0 Å². The average molecular weight is 275 g/mol. The molecule has 0 aromatic heterocycles. The van der Waals surface area contributed by atoms with E-state index in [4.69, 9.17) is 0 Å². The van der Waals surface area contributed by atoms with Crippen LogP contribution in [0.15, 0.2) is 53.4 Å². The van der Waals surface area contributed by atoms with Gasteiger partial charge in [0.1, 0.15) is 10.6 Å². The summed E-state index contributed by atoms with van der Waals surface area (Å²) < 4.78 is 26.4. The van der Waals surface area contributed by atoms with Crippen LogP contribution in [0.2, 0.25) is 0 Å². The molecule has 0 radical (unpaired) electrons. The van der Waals surface area contributed by atoms with Gasteiger partial charge in [0.2, 0.25) is 10.0 Å². The van der Waals surface area contributed by atoms with Crippen LogP contribution in [-0.2, 0) is 23.1 Å². The number of phenols is 1. The van der Waals surface area contributed by atoms with Crippen molar-refractivity contribution < 1.29 is 13.5 Å². The molecule has 0 saturated carbocycles.